The first kappa shape index (κ1) is 19.7. The van der Waals surface area contributed by atoms with E-state index in [1.165, 1.54) is 32.0 Å². The zero-order chi connectivity index (χ0) is 21.5. The van der Waals surface area contributed by atoms with E-state index in [4.69, 9.17) is 9.97 Å². The van der Waals surface area contributed by atoms with Gasteiger partial charge in [-0.3, -0.25) is 0 Å². The fourth-order valence-electron chi connectivity index (χ4n) is 4.63. The molecule has 0 saturated carbocycles. The number of nitrogens with zero attached hydrogens (tertiary/aromatic N) is 4. The van der Waals surface area contributed by atoms with Gasteiger partial charge in [0.15, 0.2) is 5.65 Å². The minimum Gasteiger partial charge on any atom is -0.307 e. The van der Waals surface area contributed by atoms with Crippen LogP contribution in [-0.2, 0) is 25.8 Å². The summed E-state index contributed by atoms with van der Waals surface area (Å²) in [5.74, 6) is 1.07. The number of hydrogen-bond donors (Lipinski definition) is 0. The highest BCUT2D eigenvalue weighted by Gasteiger charge is 2.22. The summed E-state index contributed by atoms with van der Waals surface area (Å²) in [6.45, 7) is 7.06. The minimum absolute atomic E-state index is 0.759. The van der Waals surface area contributed by atoms with Gasteiger partial charge >= 0.3 is 0 Å². The summed E-state index contributed by atoms with van der Waals surface area (Å²) in [5, 5.41) is 9.47. The lowest BCUT2D eigenvalue weighted by Crippen LogP contribution is -2.04. The lowest BCUT2D eigenvalue weighted by Gasteiger charge is -2.09. The fourth-order valence-corrected chi connectivity index (χ4v) is 5.80. The topological polar surface area (TPSA) is 54.5 Å². The maximum absolute atomic E-state index is 9.47. The van der Waals surface area contributed by atoms with Gasteiger partial charge < -0.3 is 4.57 Å². The molecule has 4 nitrogen and oxygen atoms in total. The molecule has 1 aliphatic rings. The Hall–Kier alpha value is -3.23. The Labute approximate surface area is 186 Å². The number of benzene rings is 1. The van der Waals surface area contributed by atoms with Crippen molar-refractivity contribution in [3.63, 3.8) is 0 Å². The molecule has 0 saturated heterocycles. The third-order valence-corrected chi connectivity index (χ3v) is 7.20. The third kappa shape index (κ3) is 3.37. The molecule has 1 aromatic carbocycles. The number of aryl methyl sites for hydroxylation is 5. The van der Waals surface area contributed by atoms with Crippen LogP contribution in [0.3, 0.4) is 0 Å². The Morgan fingerprint density at radius 2 is 1.97 bits per heavy atom. The normalized spacial score (nSPS) is 14.3. The molecule has 154 valence electrons. The number of hydrogen-bond acceptors (Lipinski definition) is 4. The zero-order valence-corrected chi connectivity index (χ0v) is 18.9. The zero-order valence-electron chi connectivity index (χ0n) is 18.1. The second kappa shape index (κ2) is 7.79. The second-order valence-electron chi connectivity index (χ2n) is 8.11. The predicted molar refractivity (Wildman–Crippen MR) is 126 cm³/mol. The highest BCUT2D eigenvalue weighted by molar-refractivity contribution is 7.12. The summed E-state index contributed by atoms with van der Waals surface area (Å²) in [6.07, 6.45) is 4.58. The molecule has 0 aliphatic heterocycles. The number of rotatable bonds is 3. The van der Waals surface area contributed by atoms with Gasteiger partial charge in [-0.05, 0) is 61.1 Å². The summed E-state index contributed by atoms with van der Waals surface area (Å²) in [5.41, 5.74) is 8.91. The maximum atomic E-state index is 9.47. The summed E-state index contributed by atoms with van der Waals surface area (Å²) < 4.78 is 2.27. The Kier molecular flexibility index (Phi) is 4.95. The van der Waals surface area contributed by atoms with E-state index in [0.29, 0.717) is 0 Å². The molecule has 0 N–H and O–H groups in total. The van der Waals surface area contributed by atoms with Crippen molar-refractivity contribution in [1.29, 1.82) is 5.26 Å². The summed E-state index contributed by atoms with van der Waals surface area (Å²) >= 11 is 1.86. The predicted octanol–water partition coefficient (Wildman–Crippen LogP) is 5.77. The van der Waals surface area contributed by atoms with Crippen LogP contribution in [0.25, 0.3) is 16.7 Å². The average molecular weight is 425 g/mol. The van der Waals surface area contributed by atoms with Crippen LogP contribution in [0.2, 0.25) is 0 Å². The lowest BCUT2D eigenvalue weighted by molar-refractivity contribution is 0.753. The minimum atomic E-state index is 0.759. The standard InChI is InChI=1S/C26H24N4S/c1-4-24-29-25-16(2)13-17(3)28-26(25)30(24)15-19-14-22-21(11-12-27)20-8-6-5-7-18(20)9-10-23(22)31-19/h5-8,11,13-14H,4,9-10,15H2,1-3H3/b21-11+. The van der Waals surface area contributed by atoms with E-state index in [0.717, 1.165) is 54.1 Å². The van der Waals surface area contributed by atoms with Crippen molar-refractivity contribution in [3.05, 3.63) is 86.0 Å². The van der Waals surface area contributed by atoms with E-state index in [9.17, 15) is 5.26 Å². The van der Waals surface area contributed by atoms with E-state index < -0.39 is 0 Å². The van der Waals surface area contributed by atoms with Crippen LogP contribution in [0.15, 0.2) is 42.5 Å². The van der Waals surface area contributed by atoms with Crippen molar-refractivity contribution in [2.24, 2.45) is 0 Å². The van der Waals surface area contributed by atoms with Crippen LogP contribution in [-0.4, -0.2) is 14.5 Å². The van der Waals surface area contributed by atoms with Crippen molar-refractivity contribution >= 4 is 28.1 Å². The quantitative estimate of drug-likeness (QED) is 0.392. The molecule has 0 fully saturated rings. The molecule has 31 heavy (non-hydrogen) atoms. The van der Waals surface area contributed by atoms with Crippen LogP contribution in [0, 0.1) is 25.2 Å². The van der Waals surface area contributed by atoms with Crippen molar-refractivity contribution in [2.75, 3.05) is 0 Å². The van der Waals surface area contributed by atoms with Gasteiger partial charge in [0, 0.05) is 33.5 Å². The van der Waals surface area contributed by atoms with Crippen LogP contribution in [0.4, 0.5) is 0 Å². The van der Waals surface area contributed by atoms with E-state index >= 15 is 0 Å². The van der Waals surface area contributed by atoms with Crippen molar-refractivity contribution in [3.8, 4) is 6.07 Å². The average Bonchev–Trinajstić information content (AvgIpc) is 3.28. The molecule has 0 spiro atoms. The Balaban J connectivity index is 1.61. The molecular formula is C26H24N4S. The molecule has 4 aromatic rings. The van der Waals surface area contributed by atoms with Gasteiger partial charge in [-0.25, -0.2) is 9.97 Å². The van der Waals surface area contributed by atoms with Crippen LogP contribution in [0.1, 0.15) is 50.5 Å². The monoisotopic (exact) mass is 424 g/mol. The molecule has 1 aliphatic carbocycles. The molecule has 3 heterocycles. The van der Waals surface area contributed by atoms with E-state index in [-0.39, 0.29) is 0 Å². The van der Waals surface area contributed by atoms with Crippen molar-refractivity contribution in [1.82, 2.24) is 14.5 Å². The Bertz CT molecular complexity index is 1380. The van der Waals surface area contributed by atoms with E-state index in [2.05, 4.69) is 60.9 Å². The number of thiophene rings is 1. The maximum Gasteiger partial charge on any atom is 0.160 e. The first-order valence-electron chi connectivity index (χ1n) is 10.7. The highest BCUT2D eigenvalue weighted by atomic mass is 32.1. The van der Waals surface area contributed by atoms with Crippen molar-refractivity contribution < 1.29 is 0 Å². The third-order valence-electron chi connectivity index (χ3n) is 6.02. The molecule has 0 amide bonds. The van der Waals surface area contributed by atoms with Crippen LogP contribution in [0.5, 0.6) is 0 Å². The SMILES string of the molecule is CCc1nc2c(C)cc(C)nc2n1Cc1cc2c(s1)CCc1ccccc1/C2=C\C#N. The van der Waals surface area contributed by atoms with Gasteiger partial charge in [-0.15, -0.1) is 11.3 Å². The van der Waals surface area contributed by atoms with Crippen LogP contribution < -0.4 is 0 Å². The molecule has 0 bridgehead atoms. The number of pyridine rings is 1. The highest BCUT2D eigenvalue weighted by Crippen LogP contribution is 2.38. The molecule has 5 heteroatoms. The first-order chi connectivity index (χ1) is 15.1. The molecule has 5 rings (SSSR count). The second-order valence-corrected chi connectivity index (χ2v) is 9.34. The van der Waals surface area contributed by atoms with Gasteiger partial charge in [0.2, 0.25) is 0 Å². The van der Waals surface area contributed by atoms with Gasteiger partial charge in [-0.1, -0.05) is 31.2 Å². The Morgan fingerprint density at radius 3 is 2.77 bits per heavy atom. The van der Waals surface area contributed by atoms with Crippen molar-refractivity contribution in [2.45, 2.75) is 46.6 Å². The first-order valence-corrected chi connectivity index (χ1v) is 11.5. The largest absolute Gasteiger partial charge is 0.307 e. The molecule has 0 radical (unpaired) electrons. The van der Waals surface area contributed by atoms with Gasteiger partial charge in [0.05, 0.1) is 12.6 Å². The van der Waals surface area contributed by atoms with E-state index in [1.54, 1.807) is 6.08 Å². The number of allylic oxidation sites excluding steroid dienone is 1. The molecule has 0 unspecified atom stereocenters. The van der Waals surface area contributed by atoms with Crippen LogP contribution >= 0.6 is 11.3 Å². The number of nitriles is 1. The Morgan fingerprint density at radius 1 is 1.13 bits per heavy atom. The number of fused-ring (bicyclic) bond motifs is 3. The smallest absolute Gasteiger partial charge is 0.160 e. The summed E-state index contributed by atoms with van der Waals surface area (Å²) in [7, 11) is 0. The molecular weight excluding hydrogens is 400 g/mol. The lowest BCUT2D eigenvalue weighted by atomic mass is 9.96. The molecule has 3 aromatic heterocycles. The fraction of sp³-hybridized carbons (Fsp3) is 0.269. The van der Waals surface area contributed by atoms with Gasteiger partial charge in [0.25, 0.3) is 0 Å². The molecule has 0 atom stereocenters. The number of imidazole rings is 1. The van der Waals surface area contributed by atoms with Gasteiger partial charge in [0.1, 0.15) is 11.3 Å². The number of aromatic nitrogens is 3. The van der Waals surface area contributed by atoms with Gasteiger partial charge in [-0.2, -0.15) is 5.26 Å². The summed E-state index contributed by atoms with van der Waals surface area (Å²) in [4.78, 5) is 12.4. The summed E-state index contributed by atoms with van der Waals surface area (Å²) in [6, 6.07) is 15.1. The van der Waals surface area contributed by atoms with E-state index in [1.807, 2.05) is 18.3 Å².